The van der Waals surface area contributed by atoms with Crippen LogP contribution in [-0.4, -0.2) is 25.1 Å². The molecule has 2 aromatic carbocycles. The van der Waals surface area contributed by atoms with Crippen LogP contribution in [0.2, 0.25) is 0 Å². The van der Waals surface area contributed by atoms with E-state index in [0.29, 0.717) is 17.1 Å². The second kappa shape index (κ2) is 8.35. The minimum atomic E-state index is -0.665. The summed E-state index contributed by atoms with van der Waals surface area (Å²) in [4.78, 5) is 23.5. The summed E-state index contributed by atoms with van der Waals surface area (Å²) in [6.07, 6.45) is -0.665. The number of carbonyl (C=O) groups is 2. The second-order valence-electron chi connectivity index (χ2n) is 4.99. The summed E-state index contributed by atoms with van der Waals surface area (Å²) >= 11 is 3.34. The van der Waals surface area contributed by atoms with Gasteiger partial charge in [0.2, 0.25) is 0 Å². The van der Waals surface area contributed by atoms with Crippen LogP contribution in [0.15, 0.2) is 53.0 Å². The summed E-state index contributed by atoms with van der Waals surface area (Å²) in [6, 6.07) is 13.8. The molecule has 0 aliphatic carbocycles. The summed E-state index contributed by atoms with van der Waals surface area (Å²) < 4.78 is 6.54. The molecule has 1 atom stereocenters. The molecule has 3 amide bonds. The van der Waals surface area contributed by atoms with E-state index in [-0.39, 0.29) is 11.9 Å². The lowest BCUT2D eigenvalue weighted by molar-refractivity contribution is -0.122. The Kier molecular flexibility index (Phi) is 6.20. The minimum Gasteiger partial charge on any atom is -0.481 e. The van der Waals surface area contributed by atoms with Crippen molar-refractivity contribution in [3.63, 3.8) is 0 Å². The second-order valence-corrected chi connectivity index (χ2v) is 5.90. The van der Waals surface area contributed by atoms with E-state index in [4.69, 9.17) is 4.74 Å². The van der Waals surface area contributed by atoms with Gasteiger partial charge in [-0.25, -0.2) is 4.79 Å². The first-order chi connectivity index (χ1) is 11.5. The Labute approximate surface area is 148 Å². The Bertz CT molecular complexity index is 719. The molecule has 3 N–H and O–H groups in total. The highest BCUT2D eigenvalue weighted by Crippen LogP contribution is 2.19. The Hall–Kier alpha value is -2.54. The predicted octanol–water partition coefficient (Wildman–Crippen LogP) is 3.61. The summed E-state index contributed by atoms with van der Waals surface area (Å²) in [5.41, 5.74) is 1.15. The van der Waals surface area contributed by atoms with Crippen LogP contribution in [0, 0.1) is 0 Å². The van der Waals surface area contributed by atoms with E-state index in [1.54, 1.807) is 43.3 Å². The Morgan fingerprint density at radius 2 is 1.67 bits per heavy atom. The number of anilines is 2. The quantitative estimate of drug-likeness (QED) is 0.728. The van der Waals surface area contributed by atoms with Gasteiger partial charge in [-0.15, -0.1) is 0 Å². The van der Waals surface area contributed by atoms with Gasteiger partial charge in [0, 0.05) is 22.9 Å². The van der Waals surface area contributed by atoms with E-state index in [0.717, 1.165) is 4.47 Å². The van der Waals surface area contributed by atoms with Gasteiger partial charge in [0.1, 0.15) is 5.75 Å². The third-order valence-electron chi connectivity index (χ3n) is 3.11. The number of ether oxygens (including phenoxy) is 1. The van der Waals surface area contributed by atoms with Crippen LogP contribution in [0.5, 0.6) is 5.75 Å². The lowest BCUT2D eigenvalue weighted by Crippen LogP contribution is -2.30. The normalized spacial score (nSPS) is 11.3. The van der Waals surface area contributed by atoms with Crippen LogP contribution in [-0.2, 0) is 4.79 Å². The molecule has 0 fully saturated rings. The van der Waals surface area contributed by atoms with Crippen LogP contribution in [0.4, 0.5) is 16.2 Å². The molecule has 0 saturated carbocycles. The summed E-state index contributed by atoms with van der Waals surface area (Å²) in [7, 11) is 1.53. The minimum absolute atomic E-state index is 0.282. The highest BCUT2D eigenvalue weighted by atomic mass is 79.9. The molecule has 0 spiro atoms. The van der Waals surface area contributed by atoms with Crippen molar-refractivity contribution in [2.75, 3.05) is 17.7 Å². The molecule has 2 aromatic rings. The number of benzene rings is 2. The number of hydrogen-bond donors (Lipinski definition) is 3. The maximum atomic E-state index is 12.2. The molecule has 0 aromatic heterocycles. The zero-order valence-corrected chi connectivity index (χ0v) is 14.9. The Morgan fingerprint density at radius 1 is 1.04 bits per heavy atom. The molecule has 0 radical (unpaired) electrons. The molecule has 0 aliphatic heterocycles. The van der Waals surface area contributed by atoms with E-state index in [2.05, 4.69) is 31.9 Å². The van der Waals surface area contributed by atoms with Crippen molar-refractivity contribution in [2.24, 2.45) is 0 Å². The molecule has 24 heavy (non-hydrogen) atoms. The lowest BCUT2D eigenvalue weighted by atomic mass is 10.2. The maximum absolute atomic E-state index is 12.2. The van der Waals surface area contributed by atoms with Crippen molar-refractivity contribution in [3.8, 4) is 5.75 Å². The standard InChI is InChI=1S/C17H18BrN3O3/c1-11(24-15-8-6-12(18)7-9-15)16(22)20-13-4-3-5-14(10-13)21-17(23)19-2/h3-11H,1-2H3,(H,20,22)(H2,19,21,23). The van der Waals surface area contributed by atoms with Gasteiger partial charge in [0.25, 0.3) is 5.91 Å². The largest absolute Gasteiger partial charge is 0.481 e. The fourth-order valence-corrected chi connectivity index (χ4v) is 2.15. The average molecular weight is 392 g/mol. The van der Waals surface area contributed by atoms with Gasteiger partial charge in [-0.05, 0) is 49.4 Å². The number of nitrogens with one attached hydrogen (secondary N) is 3. The van der Waals surface area contributed by atoms with Crippen molar-refractivity contribution in [3.05, 3.63) is 53.0 Å². The van der Waals surface area contributed by atoms with Crippen molar-refractivity contribution in [1.82, 2.24) is 5.32 Å². The molecule has 0 bridgehead atoms. The molecule has 126 valence electrons. The molecular formula is C17H18BrN3O3. The third kappa shape index (κ3) is 5.27. The maximum Gasteiger partial charge on any atom is 0.318 e. The molecule has 0 saturated heterocycles. The molecule has 0 heterocycles. The highest BCUT2D eigenvalue weighted by Gasteiger charge is 2.15. The van der Waals surface area contributed by atoms with Crippen molar-refractivity contribution in [2.45, 2.75) is 13.0 Å². The number of amides is 3. The number of halogens is 1. The SMILES string of the molecule is CNC(=O)Nc1cccc(NC(=O)C(C)Oc2ccc(Br)cc2)c1. The number of urea groups is 1. The van der Waals surface area contributed by atoms with Gasteiger partial charge in [-0.3, -0.25) is 4.79 Å². The van der Waals surface area contributed by atoms with Gasteiger partial charge in [0.05, 0.1) is 0 Å². The van der Waals surface area contributed by atoms with E-state index in [1.807, 2.05) is 12.1 Å². The fourth-order valence-electron chi connectivity index (χ4n) is 1.88. The molecule has 6 nitrogen and oxygen atoms in total. The van der Waals surface area contributed by atoms with Crippen LogP contribution in [0.25, 0.3) is 0 Å². The summed E-state index contributed by atoms with van der Waals surface area (Å²) in [5.74, 6) is 0.325. The summed E-state index contributed by atoms with van der Waals surface area (Å²) in [6.45, 7) is 1.67. The van der Waals surface area contributed by atoms with Gasteiger partial charge >= 0.3 is 6.03 Å². The molecule has 7 heteroatoms. The fraction of sp³-hybridized carbons (Fsp3) is 0.176. The third-order valence-corrected chi connectivity index (χ3v) is 3.64. The van der Waals surface area contributed by atoms with Crippen LogP contribution >= 0.6 is 15.9 Å². The molecular weight excluding hydrogens is 374 g/mol. The number of hydrogen-bond acceptors (Lipinski definition) is 3. The van der Waals surface area contributed by atoms with Crippen LogP contribution in [0.3, 0.4) is 0 Å². The van der Waals surface area contributed by atoms with Crippen LogP contribution in [0.1, 0.15) is 6.92 Å². The first-order valence-electron chi connectivity index (χ1n) is 7.30. The van der Waals surface area contributed by atoms with Gasteiger partial charge in [-0.2, -0.15) is 0 Å². The van der Waals surface area contributed by atoms with Crippen molar-refractivity contribution >= 4 is 39.2 Å². The monoisotopic (exact) mass is 391 g/mol. The van der Waals surface area contributed by atoms with Crippen LogP contribution < -0.4 is 20.7 Å². The number of rotatable bonds is 5. The predicted molar refractivity (Wildman–Crippen MR) is 97.4 cm³/mol. The smallest absolute Gasteiger partial charge is 0.318 e. The molecule has 1 unspecified atom stereocenters. The van der Waals surface area contributed by atoms with E-state index in [1.165, 1.54) is 7.05 Å². The Balaban J connectivity index is 1.96. The average Bonchev–Trinajstić information content (AvgIpc) is 2.57. The molecule has 2 rings (SSSR count). The van der Waals surface area contributed by atoms with Gasteiger partial charge in [-0.1, -0.05) is 22.0 Å². The first kappa shape index (κ1) is 17.8. The first-order valence-corrected chi connectivity index (χ1v) is 8.09. The van der Waals surface area contributed by atoms with E-state index < -0.39 is 6.10 Å². The lowest BCUT2D eigenvalue weighted by Gasteiger charge is -2.15. The van der Waals surface area contributed by atoms with Gasteiger partial charge in [0.15, 0.2) is 6.10 Å². The zero-order valence-electron chi connectivity index (χ0n) is 13.3. The van der Waals surface area contributed by atoms with Gasteiger partial charge < -0.3 is 20.7 Å². The zero-order chi connectivity index (χ0) is 17.5. The highest BCUT2D eigenvalue weighted by molar-refractivity contribution is 9.10. The van der Waals surface area contributed by atoms with Crippen molar-refractivity contribution in [1.29, 1.82) is 0 Å². The van der Waals surface area contributed by atoms with Crippen molar-refractivity contribution < 1.29 is 14.3 Å². The number of carbonyl (C=O) groups excluding carboxylic acids is 2. The molecule has 0 aliphatic rings. The van der Waals surface area contributed by atoms with E-state index >= 15 is 0 Å². The van der Waals surface area contributed by atoms with E-state index in [9.17, 15) is 9.59 Å². The topological polar surface area (TPSA) is 79.5 Å². The summed E-state index contributed by atoms with van der Waals surface area (Å²) in [5, 5.41) is 7.87. The Morgan fingerprint density at radius 3 is 2.29 bits per heavy atom.